The molecule has 3 aliphatic rings. The summed E-state index contributed by atoms with van der Waals surface area (Å²) in [5, 5.41) is 2.89. The summed E-state index contributed by atoms with van der Waals surface area (Å²) < 4.78 is 11.8. The normalized spacial score (nSPS) is 23.2. The van der Waals surface area contributed by atoms with E-state index < -0.39 is 0 Å². The van der Waals surface area contributed by atoms with E-state index in [4.69, 9.17) is 20.2 Å². The topological polar surface area (TPSA) is 118 Å². The number of aromatic nitrogens is 3. The highest BCUT2D eigenvalue weighted by Crippen LogP contribution is 2.32. The molecule has 0 spiro atoms. The monoisotopic (exact) mass is 480 g/mol. The van der Waals surface area contributed by atoms with Crippen molar-refractivity contribution in [3.05, 3.63) is 35.9 Å². The highest BCUT2D eigenvalue weighted by molar-refractivity contribution is 5.83. The van der Waals surface area contributed by atoms with E-state index in [1.165, 1.54) is 11.3 Å². The molecule has 2 saturated heterocycles. The molecule has 1 aliphatic carbocycles. The van der Waals surface area contributed by atoms with E-state index in [1.54, 1.807) is 6.33 Å². The van der Waals surface area contributed by atoms with Crippen molar-refractivity contribution in [2.24, 2.45) is 17.6 Å². The van der Waals surface area contributed by atoms with Crippen LogP contribution in [0.1, 0.15) is 44.7 Å². The van der Waals surface area contributed by atoms with E-state index in [2.05, 4.69) is 38.4 Å². The van der Waals surface area contributed by atoms with Gasteiger partial charge in [-0.05, 0) is 56.2 Å². The minimum absolute atomic E-state index is 0.0752. The van der Waals surface area contributed by atoms with E-state index in [1.807, 2.05) is 6.92 Å². The van der Waals surface area contributed by atoms with Crippen LogP contribution >= 0.6 is 0 Å². The summed E-state index contributed by atoms with van der Waals surface area (Å²) in [7, 11) is 0. The van der Waals surface area contributed by atoms with Gasteiger partial charge in [-0.1, -0.05) is 6.08 Å². The van der Waals surface area contributed by atoms with Crippen molar-refractivity contribution in [1.29, 1.82) is 0 Å². The zero-order valence-corrected chi connectivity index (χ0v) is 20.5. The van der Waals surface area contributed by atoms with Gasteiger partial charge in [-0.25, -0.2) is 9.97 Å². The predicted molar refractivity (Wildman–Crippen MR) is 135 cm³/mol. The number of rotatable bonds is 10. The Morgan fingerprint density at radius 1 is 1.37 bits per heavy atom. The number of pyridine rings is 1. The van der Waals surface area contributed by atoms with Gasteiger partial charge in [0, 0.05) is 57.4 Å². The number of carbonyl (C=O) groups is 1. The molecule has 0 aromatic carbocycles. The van der Waals surface area contributed by atoms with Crippen LogP contribution < -0.4 is 15.8 Å². The molecule has 5 rings (SSSR count). The van der Waals surface area contributed by atoms with E-state index >= 15 is 0 Å². The Kier molecular flexibility index (Phi) is 7.34. The smallest absolute Gasteiger partial charge is 0.243 e. The van der Waals surface area contributed by atoms with Crippen LogP contribution in [-0.4, -0.2) is 71.3 Å². The molecule has 0 saturated carbocycles. The fourth-order valence-electron chi connectivity index (χ4n) is 5.18. The number of H-pyrrole nitrogens is 1. The first-order chi connectivity index (χ1) is 17.1. The van der Waals surface area contributed by atoms with Crippen LogP contribution in [0.3, 0.4) is 0 Å². The number of nitrogens with one attached hydrogen (secondary N) is 2. The molecule has 35 heavy (non-hydrogen) atoms. The molecular formula is C26H36N6O3. The molecule has 4 N–H and O–H groups in total. The summed E-state index contributed by atoms with van der Waals surface area (Å²) in [5.74, 6) is 1.36. The highest BCUT2D eigenvalue weighted by Gasteiger charge is 2.29. The molecule has 0 bridgehead atoms. The largest absolute Gasteiger partial charge is 0.473 e. The molecule has 9 nitrogen and oxygen atoms in total. The summed E-state index contributed by atoms with van der Waals surface area (Å²) in [4.78, 5) is 26.6. The lowest BCUT2D eigenvalue weighted by Gasteiger charge is -2.29. The second kappa shape index (κ2) is 10.8. The van der Waals surface area contributed by atoms with Gasteiger partial charge in [-0.3, -0.25) is 4.79 Å². The van der Waals surface area contributed by atoms with Crippen molar-refractivity contribution in [3.63, 3.8) is 0 Å². The first-order valence-corrected chi connectivity index (χ1v) is 12.8. The maximum absolute atomic E-state index is 11.7. The number of fused-ring (bicyclic) bond motifs is 1. The van der Waals surface area contributed by atoms with Crippen molar-refractivity contribution in [2.45, 2.75) is 45.1 Å². The first-order valence-electron chi connectivity index (χ1n) is 12.8. The Balaban J connectivity index is 1.36. The third kappa shape index (κ3) is 5.51. The van der Waals surface area contributed by atoms with Gasteiger partial charge in [-0.2, -0.15) is 0 Å². The summed E-state index contributed by atoms with van der Waals surface area (Å²) in [5.41, 5.74) is 10.9. The van der Waals surface area contributed by atoms with Crippen LogP contribution in [0.5, 0.6) is 5.88 Å². The number of nitrogens with two attached hydrogens (primary N) is 1. The Labute approximate surface area is 206 Å². The van der Waals surface area contributed by atoms with Gasteiger partial charge in [0.2, 0.25) is 11.8 Å². The number of nitrogens with zero attached hydrogens (tertiary/aromatic N) is 3. The van der Waals surface area contributed by atoms with E-state index in [0.29, 0.717) is 36.8 Å². The standard InChI is InChI=1S/C26H36N6O3/c1-17(20-12-24(33)28-14-20)35-26-25-23(29-16-30-25)13-22(31-26)19-3-2-4-21(11-19)32(9-7-27)8-5-18-6-10-34-15-18/h4,11,13,16-18,20H,2-3,5-10,12,14-15,27H2,1H3,(H,28,33)(H,29,30)/t17-,18?,20-/m1/s1. The molecule has 0 radical (unpaired) electrons. The van der Waals surface area contributed by atoms with Gasteiger partial charge >= 0.3 is 0 Å². The van der Waals surface area contributed by atoms with Gasteiger partial charge < -0.3 is 30.4 Å². The quantitative estimate of drug-likeness (QED) is 0.478. The molecule has 188 valence electrons. The van der Waals surface area contributed by atoms with Crippen molar-refractivity contribution in [2.75, 3.05) is 39.4 Å². The molecular weight excluding hydrogens is 444 g/mol. The zero-order chi connectivity index (χ0) is 24.2. The third-order valence-electron chi connectivity index (χ3n) is 7.36. The van der Waals surface area contributed by atoms with Crippen LogP contribution in [-0.2, 0) is 9.53 Å². The Bertz CT molecular complexity index is 1100. The maximum Gasteiger partial charge on any atom is 0.243 e. The van der Waals surface area contributed by atoms with Gasteiger partial charge in [0.25, 0.3) is 0 Å². The maximum atomic E-state index is 11.7. The molecule has 9 heteroatoms. The van der Waals surface area contributed by atoms with Crippen LogP contribution in [0.25, 0.3) is 16.6 Å². The number of aromatic amines is 1. The van der Waals surface area contributed by atoms with E-state index in [9.17, 15) is 4.79 Å². The summed E-state index contributed by atoms with van der Waals surface area (Å²) in [6, 6.07) is 2.05. The summed E-state index contributed by atoms with van der Waals surface area (Å²) in [6.45, 7) is 6.81. The van der Waals surface area contributed by atoms with E-state index in [0.717, 1.165) is 63.2 Å². The van der Waals surface area contributed by atoms with Gasteiger partial charge in [0.15, 0.2) is 5.52 Å². The number of allylic oxidation sites excluding steroid dienone is 3. The summed E-state index contributed by atoms with van der Waals surface area (Å²) in [6.07, 6.45) is 10.7. The SMILES string of the molecule is C[C@@H](Oc1nc(C2=CC(N(CCN)CCC3CCOC3)=CCC2)cc2[nH]cnc12)[C@H]1CNC(=O)C1. The fraction of sp³-hybridized carbons (Fsp3) is 0.577. The molecule has 1 amide bonds. The Morgan fingerprint density at radius 2 is 2.29 bits per heavy atom. The lowest BCUT2D eigenvalue weighted by atomic mass is 9.98. The average Bonchev–Trinajstić information content (AvgIpc) is 3.64. The number of hydrogen-bond donors (Lipinski definition) is 3. The minimum Gasteiger partial charge on any atom is -0.473 e. The molecule has 4 heterocycles. The zero-order valence-electron chi connectivity index (χ0n) is 20.5. The number of ether oxygens (including phenoxy) is 2. The molecule has 2 aliphatic heterocycles. The lowest BCUT2D eigenvalue weighted by molar-refractivity contribution is -0.119. The molecule has 2 fully saturated rings. The predicted octanol–water partition coefficient (Wildman–Crippen LogP) is 2.61. The number of amides is 1. The van der Waals surface area contributed by atoms with Gasteiger partial charge in [0.1, 0.15) is 6.10 Å². The average molecular weight is 481 g/mol. The van der Waals surface area contributed by atoms with Crippen LogP contribution in [0.15, 0.2) is 30.2 Å². The van der Waals surface area contributed by atoms with Crippen molar-refractivity contribution >= 4 is 22.5 Å². The van der Waals surface area contributed by atoms with Crippen molar-refractivity contribution in [1.82, 2.24) is 25.2 Å². The Hall–Kier alpha value is -2.91. The van der Waals surface area contributed by atoms with Crippen molar-refractivity contribution < 1.29 is 14.3 Å². The molecule has 2 aromatic rings. The molecule has 3 atom stereocenters. The fourth-order valence-corrected chi connectivity index (χ4v) is 5.18. The minimum atomic E-state index is -0.146. The Morgan fingerprint density at radius 3 is 3.06 bits per heavy atom. The summed E-state index contributed by atoms with van der Waals surface area (Å²) >= 11 is 0. The first kappa shape index (κ1) is 23.8. The van der Waals surface area contributed by atoms with Crippen LogP contribution in [0.4, 0.5) is 0 Å². The number of carbonyl (C=O) groups excluding carboxylic acids is 1. The molecule has 1 unspecified atom stereocenters. The molecule has 2 aromatic heterocycles. The third-order valence-corrected chi connectivity index (χ3v) is 7.36. The van der Waals surface area contributed by atoms with Gasteiger partial charge in [-0.15, -0.1) is 0 Å². The van der Waals surface area contributed by atoms with Crippen LogP contribution in [0.2, 0.25) is 0 Å². The highest BCUT2D eigenvalue weighted by atomic mass is 16.5. The van der Waals surface area contributed by atoms with Gasteiger partial charge in [0.05, 0.1) is 17.5 Å². The lowest BCUT2D eigenvalue weighted by Crippen LogP contribution is -2.31. The second-order valence-corrected chi connectivity index (χ2v) is 9.83. The van der Waals surface area contributed by atoms with Crippen molar-refractivity contribution in [3.8, 4) is 5.88 Å². The number of hydrogen-bond acceptors (Lipinski definition) is 7. The second-order valence-electron chi connectivity index (χ2n) is 9.83. The van der Waals surface area contributed by atoms with E-state index in [-0.39, 0.29) is 17.9 Å². The van der Waals surface area contributed by atoms with Crippen LogP contribution in [0, 0.1) is 11.8 Å². The number of imidazole rings is 1.